The molecule has 0 amide bonds. The van der Waals surface area contributed by atoms with Crippen LogP contribution >= 0.6 is 11.6 Å². The van der Waals surface area contributed by atoms with Crippen LogP contribution in [0.1, 0.15) is 46.0 Å². The third-order valence-corrected chi connectivity index (χ3v) is 3.07. The Bertz CT molecular complexity index is 343. The molecule has 0 aliphatic rings. The first kappa shape index (κ1) is 14.0. The molecule has 3 N–H and O–H groups in total. The monoisotopic (exact) mass is 256 g/mol. The van der Waals surface area contributed by atoms with Gasteiger partial charge in [-0.3, -0.25) is 0 Å². The van der Waals surface area contributed by atoms with Crippen LogP contribution in [-0.4, -0.2) is 16.0 Å². The molecule has 1 heterocycles. The van der Waals surface area contributed by atoms with Crippen LogP contribution < -0.4 is 11.1 Å². The molecule has 0 saturated heterocycles. The van der Waals surface area contributed by atoms with E-state index in [2.05, 4.69) is 29.1 Å². The lowest BCUT2D eigenvalue weighted by atomic mass is 10.1. The lowest BCUT2D eigenvalue weighted by Gasteiger charge is -2.19. The topological polar surface area (TPSA) is 63.8 Å². The van der Waals surface area contributed by atoms with Crippen LogP contribution in [0.3, 0.4) is 0 Å². The Kier molecular flexibility index (Phi) is 6.05. The number of anilines is 2. The summed E-state index contributed by atoms with van der Waals surface area (Å²) in [5.41, 5.74) is 5.65. The molecule has 0 bridgehead atoms. The van der Waals surface area contributed by atoms with Crippen molar-refractivity contribution in [3.05, 3.63) is 11.3 Å². The normalized spacial score (nSPS) is 12.4. The summed E-state index contributed by atoms with van der Waals surface area (Å²) < 4.78 is 0. The van der Waals surface area contributed by atoms with Gasteiger partial charge in [0.1, 0.15) is 17.2 Å². The van der Waals surface area contributed by atoms with Crippen molar-refractivity contribution >= 4 is 23.2 Å². The quantitative estimate of drug-likeness (QED) is 0.784. The first-order chi connectivity index (χ1) is 8.19. The number of halogens is 1. The molecule has 1 aromatic heterocycles. The van der Waals surface area contributed by atoms with E-state index in [1.807, 2.05) is 0 Å². The van der Waals surface area contributed by atoms with Crippen molar-refractivity contribution in [1.82, 2.24) is 9.97 Å². The van der Waals surface area contributed by atoms with Crippen LogP contribution in [0, 0.1) is 0 Å². The second-order valence-corrected chi connectivity index (χ2v) is 4.57. The smallest absolute Gasteiger partial charge is 0.150 e. The standard InChI is InChI=1S/C12H21ClN4/c1-3-5-7-9(6-4-2)17-12-10(13)11(14)15-8-16-12/h8-9H,3-7H2,1-2H3,(H3,14,15,16,17). The van der Waals surface area contributed by atoms with E-state index in [-0.39, 0.29) is 0 Å². The molecule has 0 aliphatic carbocycles. The summed E-state index contributed by atoms with van der Waals surface area (Å²) in [6, 6.07) is 0.409. The number of nitrogens with zero attached hydrogens (tertiary/aromatic N) is 2. The highest BCUT2D eigenvalue weighted by atomic mass is 35.5. The van der Waals surface area contributed by atoms with E-state index in [4.69, 9.17) is 17.3 Å². The highest BCUT2D eigenvalue weighted by Crippen LogP contribution is 2.25. The minimum atomic E-state index is 0.329. The molecule has 0 aliphatic heterocycles. The van der Waals surface area contributed by atoms with Crippen LogP contribution in [-0.2, 0) is 0 Å². The Morgan fingerprint density at radius 2 is 2.06 bits per heavy atom. The van der Waals surface area contributed by atoms with Gasteiger partial charge in [0.2, 0.25) is 0 Å². The van der Waals surface area contributed by atoms with Crippen molar-refractivity contribution in [2.75, 3.05) is 11.1 Å². The lowest BCUT2D eigenvalue weighted by molar-refractivity contribution is 0.563. The van der Waals surface area contributed by atoms with Crippen molar-refractivity contribution in [2.45, 2.75) is 52.0 Å². The molecule has 1 atom stereocenters. The fraction of sp³-hybridized carbons (Fsp3) is 0.667. The minimum absolute atomic E-state index is 0.329. The van der Waals surface area contributed by atoms with Crippen molar-refractivity contribution < 1.29 is 0 Å². The first-order valence-electron chi connectivity index (χ1n) is 6.21. The molecule has 5 heteroatoms. The van der Waals surface area contributed by atoms with Crippen LogP contribution in [0.2, 0.25) is 5.02 Å². The summed E-state index contributed by atoms with van der Waals surface area (Å²) in [5, 5.41) is 3.78. The zero-order valence-corrected chi connectivity index (χ0v) is 11.3. The van der Waals surface area contributed by atoms with E-state index in [0.717, 1.165) is 19.3 Å². The molecule has 0 radical (unpaired) electrons. The van der Waals surface area contributed by atoms with Gasteiger partial charge >= 0.3 is 0 Å². The number of aromatic nitrogens is 2. The molecule has 0 fully saturated rings. The Balaban J connectivity index is 2.67. The van der Waals surface area contributed by atoms with Crippen molar-refractivity contribution in [3.63, 3.8) is 0 Å². The van der Waals surface area contributed by atoms with E-state index < -0.39 is 0 Å². The molecule has 17 heavy (non-hydrogen) atoms. The average molecular weight is 257 g/mol. The van der Waals surface area contributed by atoms with Gasteiger partial charge in [0.05, 0.1) is 0 Å². The second kappa shape index (κ2) is 7.33. The molecule has 0 aromatic carbocycles. The van der Waals surface area contributed by atoms with Gasteiger partial charge in [-0.25, -0.2) is 9.97 Å². The maximum absolute atomic E-state index is 6.06. The van der Waals surface area contributed by atoms with Crippen LogP contribution in [0.15, 0.2) is 6.33 Å². The Hall–Kier alpha value is -1.03. The lowest BCUT2D eigenvalue weighted by Crippen LogP contribution is -2.20. The van der Waals surface area contributed by atoms with Crippen LogP contribution in [0.5, 0.6) is 0 Å². The summed E-state index contributed by atoms with van der Waals surface area (Å²) in [6.45, 7) is 4.37. The molecule has 1 rings (SSSR count). The number of nitrogen functional groups attached to an aromatic ring is 1. The third kappa shape index (κ3) is 4.38. The van der Waals surface area contributed by atoms with Gasteiger partial charge in [0, 0.05) is 6.04 Å². The van der Waals surface area contributed by atoms with E-state index >= 15 is 0 Å². The number of rotatable bonds is 7. The SMILES string of the molecule is CCCCC(CCC)Nc1ncnc(N)c1Cl. The second-order valence-electron chi connectivity index (χ2n) is 4.19. The molecule has 0 saturated carbocycles. The number of unbranched alkanes of at least 4 members (excludes halogenated alkanes) is 1. The van der Waals surface area contributed by atoms with E-state index in [9.17, 15) is 0 Å². The fourth-order valence-electron chi connectivity index (χ4n) is 1.77. The summed E-state index contributed by atoms with van der Waals surface area (Å²) in [4.78, 5) is 7.98. The molecular weight excluding hydrogens is 236 g/mol. The largest absolute Gasteiger partial charge is 0.382 e. The summed E-state index contributed by atoms with van der Waals surface area (Å²) >= 11 is 6.06. The van der Waals surface area contributed by atoms with Crippen LogP contribution in [0.4, 0.5) is 11.6 Å². The van der Waals surface area contributed by atoms with Gasteiger partial charge in [0.25, 0.3) is 0 Å². The minimum Gasteiger partial charge on any atom is -0.382 e. The van der Waals surface area contributed by atoms with Crippen LogP contribution in [0.25, 0.3) is 0 Å². The number of hydrogen-bond donors (Lipinski definition) is 2. The fourth-order valence-corrected chi connectivity index (χ4v) is 1.92. The van der Waals surface area contributed by atoms with E-state index in [0.29, 0.717) is 22.7 Å². The summed E-state index contributed by atoms with van der Waals surface area (Å²) in [7, 11) is 0. The van der Waals surface area contributed by atoms with Gasteiger partial charge < -0.3 is 11.1 Å². The molecule has 1 unspecified atom stereocenters. The Morgan fingerprint density at radius 3 is 2.71 bits per heavy atom. The molecular formula is C12H21ClN4. The summed E-state index contributed by atoms with van der Waals surface area (Å²) in [6.07, 6.45) is 7.22. The zero-order valence-electron chi connectivity index (χ0n) is 10.5. The number of hydrogen-bond acceptors (Lipinski definition) is 4. The molecule has 1 aromatic rings. The van der Waals surface area contributed by atoms with Crippen molar-refractivity contribution in [1.29, 1.82) is 0 Å². The van der Waals surface area contributed by atoms with Gasteiger partial charge in [-0.15, -0.1) is 0 Å². The van der Waals surface area contributed by atoms with Gasteiger partial charge in [-0.2, -0.15) is 0 Å². The first-order valence-corrected chi connectivity index (χ1v) is 6.59. The van der Waals surface area contributed by atoms with Gasteiger partial charge in [-0.1, -0.05) is 44.7 Å². The number of nitrogens with two attached hydrogens (primary N) is 1. The highest BCUT2D eigenvalue weighted by molar-refractivity contribution is 6.35. The predicted octanol–water partition coefficient (Wildman–Crippen LogP) is 3.48. The Labute approximate surface area is 108 Å². The highest BCUT2D eigenvalue weighted by Gasteiger charge is 2.12. The van der Waals surface area contributed by atoms with E-state index in [1.54, 1.807) is 0 Å². The maximum atomic E-state index is 6.06. The van der Waals surface area contributed by atoms with Crippen molar-refractivity contribution in [3.8, 4) is 0 Å². The zero-order chi connectivity index (χ0) is 12.7. The van der Waals surface area contributed by atoms with E-state index in [1.165, 1.54) is 19.2 Å². The molecule has 4 nitrogen and oxygen atoms in total. The molecule has 96 valence electrons. The maximum Gasteiger partial charge on any atom is 0.150 e. The average Bonchev–Trinajstić information content (AvgIpc) is 2.32. The predicted molar refractivity (Wildman–Crippen MR) is 73.3 cm³/mol. The Morgan fingerprint density at radius 1 is 1.29 bits per heavy atom. The van der Waals surface area contributed by atoms with Gasteiger partial charge in [-0.05, 0) is 12.8 Å². The third-order valence-electron chi connectivity index (χ3n) is 2.70. The summed E-state index contributed by atoms with van der Waals surface area (Å²) in [5.74, 6) is 0.976. The van der Waals surface area contributed by atoms with Gasteiger partial charge in [0.15, 0.2) is 5.82 Å². The molecule has 0 spiro atoms. The number of nitrogens with one attached hydrogen (secondary N) is 1. The van der Waals surface area contributed by atoms with Crippen molar-refractivity contribution in [2.24, 2.45) is 0 Å².